The van der Waals surface area contributed by atoms with Crippen molar-refractivity contribution in [2.45, 2.75) is 24.0 Å². The Morgan fingerprint density at radius 1 is 1.13 bits per heavy atom. The van der Waals surface area contributed by atoms with Gasteiger partial charge in [-0.25, -0.2) is 4.98 Å². The molecular weight excluding hydrogens is 426 g/mol. The summed E-state index contributed by atoms with van der Waals surface area (Å²) >= 11 is 7.28. The molecule has 30 heavy (non-hydrogen) atoms. The summed E-state index contributed by atoms with van der Waals surface area (Å²) in [5.41, 5.74) is 1.29. The Balaban J connectivity index is 1.65. The van der Waals surface area contributed by atoms with E-state index in [-0.39, 0.29) is 11.2 Å². The van der Waals surface area contributed by atoms with Crippen molar-refractivity contribution in [2.75, 3.05) is 0 Å². The van der Waals surface area contributed by atoms with E-state index in [1.165, 1.54) is 23.9 Å². The molecule has 0 saturated carbocycles. The number of nitro benzene ring substituents is 1. The zero-order chi connectivity index (χ0) is 21.1. The average molecular weight is 442 g/mol. The summed E-state index contributed by atoms with van der Waals surface area (Å²) in [6.45, 7) is 0.822. The minimum Gasteiger partial charge on any atom is -0.285 e. The van der Waals surface area contributed by atoms with Gasteiger partial charge < -0.3 is 0 Å². The van der Waals surface area contributed by atoms with Crippen LogP contribution in [-0.4, -0.2) is 24.3 Å². The molecule has 10 heteroatoms. The lowest BCUT2D eigenvalue weighted by molar-refractivity contribution is -0.384. The lowest BCUT2D eigenvalue weighted by atomic mass is 10.2. The van der Waals surface area contributed by atoms with Crippen molar-refractivity contribution in [1.82, 2.24) is 19.3 Å². The van der Waals surface area contributed by atoms with Crippen molar-refractivity contribution in [3.63, 3.8) is 0 Å². The van der Waals surface area contributed by atoms with E-state index in [9.17, 15) is 14.9 Å². The first-order valence-corrected chi connectivity index (χ1v) is 10.4. The number of benzene rings is 2. The van der Waals surface area contributed by atoms with Gasteiger partial charge in [-0.1, -0.05) is 47.6 Å². The summed E-state index contributed by atoms with van der Waals surface area (Å²) in [5, 5.41) is 16.8. The van der Waals surface area contributed by atoms with Crippen LogP contribution in [0.15, 0.2) is 70.9 Å². The molecule has 0 fully saturated rings. The summed E-state index contributed by atoms with van der Waals surface area (Å²) in [4.78, 5) is 28.4. The van der Waals surface area contributed by atoms with Crippen LogP contribution in [0.5, 0.6) is 0 Å². The van der Waals surface area contributed by atoms with Gasteiger partial charge in [0.25, 0.3) is 11.2 Å². The predicted molar refractivity (Wildman–Crippen MR) is 116 cm³/mol. The van der Waals surface area contributed by atoms with Crippen molar-refractivity contribution in [3.05, 3.63) is 92.0 Å². The number of nitro groups is 1. The van der Waals surface area contributed by atoms with Crippen molar-refractivity contribution in [2.24, 2.45) is 0 Å². The molecule has 0 N–H and O–H groups in total. The standard InChI is InChI=1S/C20H16ClN5O3S/c21-15-11-22-24(12-15)8-9-25-19(27)17-6-1-2-7-18(17)23-20(25)30-13-14-4-3-5-16(10-14)26(28)29/h1-7,10-12H,8-9,13H2. The van der Waals surface area contributed by atoms with Gasteiger partial charge in [-0.2, -0.15) is 5.10 Å². The molecule has 152 valence electrons. The smallest absolute Gasteiger partial charge is 0.269 e. The molecule has 2 heterocycles. The normalized spacial score (nSPS) is 11.1. The quantitative estimate of drug-likeness (QED) is 0.185. The van der Waals surface area contributed by atoms with Gasteiger partial charge in [-0.05, 0) is 17.7 Å². The van der Waals surface area contributed by atoms with E-state index >= 15 is 0 Å². The van der Waals surface area contributed by atoms with Gasteiger partial charge in [-0.3, -0.25) is 24.2 Å². The summed E-state index contributed by atoms with van der Waals surface area (Å²) in [7, 11) is 0. The maximum Gasteiger partial charge on any atom is 0.269 e. The molecule has 4 rings (SSSR count). The van der Waals surface area contributed by atoms with Crippen LogP contribution < -0.4 is 5.56 Å². The Morgan fingerprint density at radius 2 is 1.97 bits per heavy atom. The van der Waals surface area contributed by atoms with Crippen LogP contribution in [0.1, 0.15) is 5.56 Å². The Morgan fingerprint density at radius 3 is 2.73 bits per heavy atom. The van der Waals surface area contributed by atoms with Crippen LogP contribution in [0.25, 0.3) is 10.9 Å². The lowest BCUT2D eigenvalue weighted by Gasteiger charge is -2.13. The maximum absolute atomic E-state index is 13.1. The SMILES string of the molecule is O=c1c2ccccc2nc(SCc2cccc([N+](=O)[O-])c2)n1CCn1cc(Cl)cn1. The molecule has 0 atom stereocenters. The largest absolute Gasteiger partial charge is 0.285 e. The summed E-state index contributed by atoms with van der Waals surface area (Å²) in [6.07, 6.45) is 3.23. The number of hydrogen-bond acceptors (Lipinski definition) is 6. The molecule has 0 unspecified atom stereocenters. The molecule has 8 nitrogen and oxygen atoms in total. The molecule has 0 aliphatic rings. The third-order valence-electron chi connectivity index (χ3n) is 4.47. The second-order valence-corrected chi connectivity index (χ2v) is 7.88. The Hall–Kier alpha value is -3.17. The highest BCUT2D eigenvalue weighted by atomic mass is 35.5. The summed E-state index contributed by atoms with van der Waals surface area (Å²) in [6, 6.07) is 13.6. The first-order valence-electron chi connectivity index (χ1n) is 9.05. The van der Waals surface area contributed by atoms with Gasteiger partial charge in [0.2, 0.25) is 0 Å². The van der Waals surface area contributed by atoms with Gasteiger partial charge in [0.1, 0.15) is 0 Å². The van der Waals surface area contributed by atoms with Crippen molar-refractivity contribution < 1.29 is 4.92 Å². The first kappa shape index (κ1) is 20.1. The molecule has 2 aromatic carbocycles. The topological polar surface area (TPSA) is 95.9 Å². The lowest BCUT2D eigenvalue weighted by Crippen LogP contribution is -2.25. The van der Waals surface area contributed by atoms with Crippen LogP contribution in [0, 0.1) is 10.1 Å². The first-order chi connectivity index (χ1) is 14.5. The highest BCUT2D eigenvalue weighted by molar-refractivity contribution is 7.98. The number of fused-ring (bicyclic) bond motifs is 1. The molecule has 0 spiro atoms. The second kappa shape index (κ2) is 8.68. The molecule has 0 saturated heterocycles. The van der Waals surface area contributed by atoms with E-state index in [4.69, 9.17) is 11.6 Å². The molecule has 2 aromatic heterocycles. The third-order valence-corrected chi connectivity index (χ3v) is 5.71. The van der Waals surface area contributed by atoms with E-state index in [1.54, 1.807) is 45.9 Å². The van der Waals surface area contributed by atoms with E-state index in [2.05, 4.69) is 10.1 Å². The predicted octanol–water partition coefficient (Wildman–Crippen LogP) is 4.15. The highest BCUT2D eigenvalue weighted by Gasteiger charge is 2.13. The van der Waals surface area contributed by atoms with Crippen LogP contribution >= 0.6 is 23.4 Å². The van der Waals surface area contributed by atoms with Crippen LogP contribution in [-0.2, 0) is 18.8 Å². The number of halogens is 1. The van der Waals surface area contributed by atoms with Gasteiger partial charge in [0.15, 0.2) is 5.16 Å². The molecule has 0 bridgehead atoms. The molecule has 4 aromatic rings. The number of aromatic nitrogens is 4. The van der Waals surface area contributed by atoms with E-state index in [0.29, 0.717) is 39.9 Å². The van der Waals surface area contributed by atoms with E-state index in [0.717, 1.165) is 5.56 Å². The van der Waals surface area contributed by atoms with E-state index < -0.39 is 4.92 Å². The molecule has 0 amide bonds. The monoisotopic (exact) mass is 441 g/mol. The number of non-ortho nitro benzene ring substituents is 1. The zero-order valence-electron chi connectivity index (χ0n) is 15.6. The number of nitrogens with zero attached hydrogens (tertiary/aromatic N) is 5. The molecule has 0 aliphatic carbocycles. The van der Waals surface area contributed by atoms with Crippen molar-refractivity contribution in [3.8, 4) is 0 Å². The van der Waals surface area contributed by atoms with E-state index in [1.807, 2.05) is 12.1 Å². The van der Waals surface area contributed by atoms with Crippen LogP contribution in [0.4, 0.5) is 5.69 Å². The van der Waals surface area contributed by atoms with Gasteiger partial charge in [0.05, 0.1) is 33.6 Å². The van der Waals surface area contributed by atoms with Gasteiger partial charge in [0, 0.05) is 30.6 Å². The Bertz CT molecular complexity index is 1290. The maximum atomic E-state index is 13.1. The van der Waals surface area contributed by atoms with Gasteiger partial charge >= 0.3 is 0 Å². The Labute approximate surface area is 180 Å². The summed E-state index contributed by atoms with van der Waals surface area (Å²) in [5.74, 6) is 0.445. The molecular formula is C20H16ClN5O3S. The molecule has 0 radical (unpaired) electrons. The highest BCUT2D eigenvalue weighted by Crippen LogP contribution is 2.24. The fourth-order valence-electron chi connectivity index (χ4n) is 3.03. The number of para-hydroxylation sites is 1. The summed E-state index contributed by atoms with van der Waals surface area (Å²) < 4.78 is 3.28. The number of aryl methyl sites for hydroxylation is 1. The minimum atomic E-state index is -0.423. The fourth-order valence-corrected chi connectivity index (χ4v) is 4.15. The average Bonchev–Trinajstić information content (AvgIpc) is 3.17. The fraction of sp³-hybridized carbons (Fsp3) is 0.150. The van der Waals surface area contributed by atoms with Crippen LogP contribution in [0.2, 0.25) is 5.02 Å². The van der Waals surface area contributed by atoms with Crippen LogP contribution in [0.3, 0.4) is 0 Å². The number of hydrogen-bond donors (Lipinski definition) is 0. The minimum absolute atomic E-state index is 0.0347. The number of thioether (sulfide) groups is 1. The third kappa shape index (κ3) is 4.37. The Kier molecular flexibility index (Phi) is 5.82. The molecule has 0 aliphatic heterocycles. The van der Waals surface area contributed by atoms with Crippen molar-refractivity contribution in [1.29, 1.82) is 0 Å². The van der Waals surface area contributed by atoms with Crippen molar-refractivity contribution >= 4 is 40.0 Å². The number of rotatable bonds is 7. The zero-order valence-corrected chi connectivity index (χ0v) is 17.2. The van der Waals surface area contributed by atoms with Gasteiger partial charge in [-0.15, -0.1) is 0 Å². The second-order valence-electron chi connectivity index (χ2n) is 6.51.